The fourth-order valence-corrected chi connectivity index (χ4v) is 3.40. The van der Waals surface area contributed by atoms with E-state index >= 15 is 0 Å². The Hall–Kier alpha value is -2.13. The molecule has 1 aliphatic heterocycles. The van der Waals surface area contributed by atoms with Crippen molar-refractivity contribution < 1.29 is 4.79 Å². The minimum Gasteiger partial charge on any atom is -0.338 e. The number of piperazine rings is 1. The topological polar surface area (TPSA) is 32.3 Å². The number of carbonyl (C=O) groups is 1. The van der Waals surface area contributed by atoms with Gasteiger partial charge in [-0.1, -0.05) is 60.7 Å². The summed E-state index contributed by atoms with van der Waals surface area (Å²) in [6, 6.07) is 21.6. The van der Waals surface area contributed by atoms with Crippen molar-refractivity contribution in [1.29, 1.82) is 0 Å². The van der Waals surface area contributed by atoms with Crippen LogP contribution in [0.25, 0.3) is 0 Å². The van der Waals surface area contributed by atoms with Gasteiger partial charge < -0.3 is 10.2 Å². The molecule has 1 aliphatic rings. The third-order valence-corrected chi connectivity index (χ3v) is 4.57. The van der Waals surface area contributed by atoms with Gasteiger partial charge in [0.2, 0.25) is 5.91 Å². The third kappa shape index (κ3) is 3.45. The average molecular weight is 308 g/mol. The molecule has 0 bridgehead atoms. The van der Waals surface area contributed by atoms with Gasteiger partial charge in [-0.2, -0.15) is 0 Å². The van der Waals surface area contributed by atoms with Crippen molar-refractivity contribution in [2.24, 2.45) is 0 Å². The molecule has 0 aliphatic carbocycles. The highest BCUT2D eigenvalue weighted by Crippen LogP contribution is 2.29. The summed E-state index contributed by atoms with van der Waals surface area (Å²) < 4.78 is 0. The summed E-state index contributed by atoms with van der Waals surface area (Å²) in [7, 11) is 0. The predicted octanol–water partition coefficient (Wildman–Crippen LogP) is 3.03. The molecule has 0 spiro atoms. The van der Waals surface area contributed by atoms with Crippen molar-refractivity contribution in [3.63, 3.8) is 0 Å². The Kier molecular flexibility index (Phi) is 4.77. The molecule has 1 fully saturated rings. The van der Waals surface area contributed by atoms with Gasteiger partial charge in [0.05, 0.1) is 6.54 Å². The first-order chi connectivity index (χ1) is 11.2. The first-order valence-electron chi connectivity index (χ1n) is 8.29. The zero-order valence-corrected chi connectivity index (χ0v) is 13.8. The number of nitrogens with one attached hydrogen (secondary N) is 1. The quantitative estimate of drug-likeness (QED) is 0.941. The fourth-order valence-electron chi connectivity index (χ4n) is 3.40. The van der Waals surface area contributed by atoms with Gasteiger partial charge in [0.1, 0.15) is 0 Å². The maximum atomic E-state index is 12.1. The van der Waals surface area contributed by atoms with Crippen molar-refractivity contribution in [3.8, 4) is 0 Å². The van der Waals surface area contributed by atoms with Crippen LogP contribution in [-0.4, -0.2) is 36.0 Å². The molecule has 2 aromatic carbocycles. The molecule has 23 heavy (non-hydrogen) atoms. The van der Waals surface area contributed by atoms with Gasteiger partial charge in [-0.25, -0.2) is 0 Å². The number of nitrogens with zero attached hydrogens (tertiary/aromatic N) is 1. The van der Waals surface area contributed by atoms with E-state index in [9.17, 15) is 4.79 Å². The maximum Gasteiger partial charge on any atom is 0.236 e. The second-order valence-corrected chi connectivity index (χ2v) is 6.43. The largest absolute Gasteiger partial charge is 0.338 e. The molecule has 1 atom stereocenters. The highest BCUT2D eigenvalue weighted by atomic mass is 16.2. The molecule has 120 valence electrons. The summed E-state index contributed by atoms with van der Waals surface area (Å²) in [4.78, 5) is 14.1. The van der Waals surface area contributed by atoms with Crippen LogP contribution < -0.4 is 5.32 Å². The highest BCUT2D eigenvalue weighted by Gasteiger charge is 2.33. The molecule has 1 saturated heterocycles. The van der Waals surface area contributed by atoms with Crippen LogP contribution in [0.1, 0.15) is 30.9 Å². The Balaban J connectivity index is 1.94. The number of hydrogen-bond acceptors (Lipinski definition) is 2. The van der Waals surface area contributed by atoms with Gasteiger partial charge in [-0.05, 0) is 25.0 Å². The lowest BCUT2D eigenvalue weighted by atomic mass is 9.84. The zero-order chi connectivity index (χ0) is 16.2. The minimum absolute atomic E-state index is 0.191. The number of benzene rings is 2. The van der Waals surface area contributed by atoms with Gasteiger partial charge in [-0.3, -0.25) is 4.79 Å². The average Bonchev–Trinajstić information content (AvgIpc) is 2.58. The molecule has 2 aromatic rings. The molecular formula is C20H24N2O. The minimum atomic E-state index is 0.191. The first kappa shape index (κ1) is 15.8. The van der Waals surface area contributed by atoms with Crippen LogP contribution in [0.5, 0.6) is 0 Å². The smallest absolute Gasteiger partial charge is 0.236 e. The van der Waals surface area contributed by atoms with Crippen LogP contribution >= 0.6 is 0 Å². The number of rotatable bonds is 4. The molecule has 3 rings (SSSR count). The number of amides is 1. The van der Waals surface area contributed by atoms with E-state index in [2.05, 4.69) is 67.7 Å². The molecule has 0 aromatic heterocycles. The molecule has 0 unspecified atom stereocenters. The molecule has 0 radical (unpaired) electrons. The molecule has 1 amide bonds. The SMILES string of the molecule is CC(C)N1C[C@H](C(c2ccccc2)c2ccccc2)NCC1=O. The Labute approximate surface area is 138 Å². The van der Waals surface area contributed by atoms with Gasteiger partial charge in [0.25, 0.3) is 0 Å². The Bertz CT molecular complexity index is 600. The van der Waals surface area contributed by atoms with Crippen LogP contribution in [0.15, 0.2) is 60.7 Å². The number of hydrogen-bond donors (Lipinski definition) is 1. The Morgan fingerprint density at radius 1 is 0.957 bits per heavy atom. The van der Waals surface area contributed by atoms with Crippen LogP contribution in [-0.2, 0) is 4.79 Å². The lowest BCUT2D eigenvalue weighted by Crippen LogP contribution is -2.58. The van der Waals surface area contributed by atoms with Crippen molar-refractivity contribution in [2.75, 3.05) is 13.1 Å². The van der Waals surface area contributed by atoms with E-state index in [1.165, 1.54) is 11.1 Å². The van der Waals surface area contributed by atoms with Crippen LogP contribution in [0, 0.1) is 0 Å². The molecule has 3 heteroatoms. The van der Waals surface area contributed by atoms with E-state index in [4.69, 9.17) is 0 Å². The summed E-state index contributed by atoms with van der Waals surface area (Å²) in [6.07, 6.45) is 0. The molecule has 1 N–H and O–H groups in total. The highest BCUT2D eigenvalue weighted by molar-refractivity contribution is 5.79. The second kappa shape index (κ2) is 6.97. The molecule has 0 saturated carbocycles. The second-order valence-electron chi connectivity index (χ2n) is 6.43. The van der Waals surface area contributed by atoms with Crippen molar-refractivity contribution in [2.45, 2.75) is 31.8 Å². The van der Waals surface area contributed by atoms with E-state index in [1.807, 2.05) is 17.0 Å². The first-order valence-corrected chi connectivity index (χ1v) is 8.29. The summed E-state index contributed by atoms with van der Waals surface area (Å²) >= 11 is 0. The molecule has 3 nitrogen and oxygen atoms in total. The Morgan fingerprint density at radius 3 is 1.96 bits per heavy atom. The van der Waals surface area contributed by atoms with Crippen molar-refractivity contribution >= 4 is 5.91 Å². The van der Waals surface area contributed by atoms with Crippen molar-refractivity contribution in [1.82, 2.24) is 10.2 Å². The van der Waals surface area contributed by atoms with Gasteiger partial charge in [0, 0.05) is 24.5 Å². The molecule has 1 heterocycles. The Morgan fingerprint density at radius 2 is 1.48 bits per heavy atom. The van der Waals surface area contributed by atoms with Crippen LogP contribution in [0.2, 0.25) is 0 Å². The van der Waals surface area contributed by atoms with E-state index in [1.54, 1.807) is 0 Å². The lowest BCUT2D eigenvalue weighted by Gasteiger charge is -2.40. The predicted molar refractivity (Wildman–Crippen MR) is 93.4 cm³/mol. The molecular weight excluding hydrogens is 284 g/mol. The summed E-state index contributed by atoms with van der Waals surface area (Å²) in [5.41, 5.74) is 2.57. The van der Waals surface area contributed by atoms with E-state index in [-0.39, 0.29) is 23.9 Å². The maximum absolute atomic E-state index is 12.1. The van der Waals surface area contributed by atoms with Crippen LogP contribution in [0.3, 0.4) is 0 Å². The van der Waals surface area contributed by atoms with Crippen molar-refractivity contribution in [3.05, 3.63) is 71.8 Å². The lowest BCUT2D eigenvalue weighted by molar-refractivity contribution is -0.134. The normalized spacial score (nSPS) is 18.7. The summed E-state index contributed by atoms with van der Waals surface area (Å²) in [5.74, 6) is 0.433. The standard InChI is InChI=1S/C20H24N2O/c1-15(2)22-14-18(21-13-19(22)23)20(16-9-5-3-6-10-16)17-11-7-4-8-12-17/h3-12,15,18,20-21H,13-14H2,1-2H3/t18-/m1/s1. The third-order valence-electron chi connectivity index (χ3n) is 4.57. The van der Waals surface area contributed by atoms with Crippen LogP contribution in [0.4, 0.5) is 0 Å². The summed E-state index contributed by atoms with van der Waals surface area (Å²) in [6.45, 7) is 5.32. The van der Waals surface area contributed by atoms with E-state index < -0.39 is 0 Å². The zero-order valence-electron chi connectivity index (χ0n) is 13.8. The van der Waals surface area contributed by atoms with Gasteiger partial charge in [-0.15, -0.1) is 0 Å². The summed E-state index contributed by atoms with van der Waals surface area (Å²) in [5, 5.41) is 3.46. The number of carbonyl (C=O) groups excluding carboxylic acids is 1. The fraction of sp³-hybridized carbons (Fsp3) is 0.350. The van der Waals surface area contributed by atoms with E-state index in [0.717, 1.165) is 6.54 Å². The monoisotopic (exact) mass is 308 g/mol. The van der Waals surface area contributed by atoms with E-state index in [0.29, 0.717) is 6.54 Å². The van der Waals surface area contributed by atoms with Gasteiger partial charge >= 0.3 is 0 Å². The van der Waals surface area contributed by atoms with Gasteiger partial charge in [0.15, 0.2) is 0 Å².